The summed E-state index contributed by atoms with van der Waals surface area (Å²) in [5, 5.41) is 9.90. The second-order valence-electron chi connectivity index (χ2n) is 7.20. The molecule has 1 aliphatic heterocycles. The summed E-state index contributed by atoms with van der Waals surface area (Å²) in [7, 11) is 1.88. The quantitative estimate of drug-likeness (QED) is 0.525. The maximum absolute atomic E-state index is 12.5. The molecule has 1 aliphatic rings. The Bertz CT molecular complexity index is 1220. The van der Waals surface area contributed by atoms with Crippen molar-refractivity contribution in [3.8, 4) is 11.3 Å². The van der Waals surface area contributed by atoms with Crippen molar-refractivity contribution >= 4 is 16.9 Å². The number of fused-ring (bicyclic) bond motifs is 1. The third kappa shape index (κ3) is 3.24. The zero-order valence-corrected chi connectivity index (χ0v) is 16.0. The molecule has 1 fully saturated rings. The van der Waals surface area contributed by atoms with Crippen molar-refractivity contribution in [3.63, 3.8) is 0 Å². The molecule has 9 nitrogen and oxygen atoms in total. The van der Waals surface area contributed by atoms with Gasteiger partial charge in [0.25, 0.3) is 5.56 Å². The molecule has 0 aliphatic carbocycles. The number of nitrogens with zero attached hydrogens (tertiary/aromatic N) is 8. The average molecular weight is 388 g/mol. The van der Waals surface area contributed by atoms with Crippen molar-refractivity contribution in [3.05, 3.63) is 59.5 Å². The van der Waals surface area contributed by atoms with Crippen LogP contribution in [-0.2, 0) is 13.6 Å². The van der Waals surface area contributed by atoms with Gasteiger partial charge in [-0.3, -0.25) is 14.5 Å². The fraction of sp³-hybridized carbons (Fsp3) is 0.300. The smallest absolute Gasteiger partial charge is 0.266 e. The molecule has 0 bridgehead atoms. The summed E-state index contributed by atoms with van der Waals surface area (Å²) in [5.41, 5.74) is 2.26. The van der Waals surface area contributed by atoms with E-state index in [0.29, 0.717) is 12.2 Å². The van der Waals surface area contributed by atoms with Crippen LogP contribution in [0.5, 0.6) is 0 Å². The summed E-state index contributed by atoms with van der Waals surface area (Å²) in [6.07, 6.45) is 8.94. The molecule has 1 atom stereocenters. The molecule has 0 N–H and O–H groups in total. The molecule has 0 spiro atoms. The average Bonchev–Trinajstić information content (AvgIpc) is 3.35. The summed E-state index contributed by atoms with van der Waals surface area (Å²) in [6, 6.07) is 7.24. The fourth-order valence-corrected chi connectivity index (χ4v) is 3.93. The number of aromatic nitrogens is 7. The molecule has 0 amide bonds. The summed E-state index contributed by atoms with van der Waals surface area (Å²) in [4.78, 5) is 27.6. The van der Waals surface area contributed by atoms with Crippen LogP contribution in [0, 0.1) is 0 Å². The van der Waals surface area contributed by atoms with Gasteiger partial charge < -0.3 is 4.90 Å². The normalized spacial score (nSPS) is 16.6. The van der Waals surface area contributed by atoms with E-state index >= 15 is 0 Å². The van der Waals surface area contributed by atoms with Crippen LogP contribution in [0.1, 0.15) is 12.8 Å². The highest BCUT2D eigenvalue weighted by Gasteiger charge is 2.28. The Labute approximate surface area is 166 Å². The monoisotopic (exact) mass is 388 g/mol. The minimum absolute atomic E-state index is 0.108. The predicted octanol–water partition coefficient (Wildman–Crippen LogP) is 1.65. The second-order valence-corrected chi connectivity index (χ2v) is 7.20. The second kappa shape index (κ2) is 7.08. The molecule has 0 aromatic carbocycles. The number of aryl methyl sites for hydroxylation is 1. The van der Waals surface area contributed by atoms with Gasteiger partial charge in [0, 0.05) is 43.8 Å². The van der Waals surface area contributed by atoms with Gasteiger partial charge in [0.2, 0.25) is 0 Å². The van der Waals surface area contributed by atoms with Gasteiger partial charge in [0.05, 0.1) is 23.7 Å². The fourth-order valence-electron chi connectivity index (χ4n) is 3.93. The molecule has 1 unspecified atom stereocenters. The lowest BCUT2D eigenvalue weighted by atomic mass is 10.2. The first kappa shape index (κ1) is 17.5. The van der Waals surface area contributed by atoms with Crippen LogP contribution in [0.25, 0.3) is 22.3 Å². The van der Waals surface area contributed by atoms with Crippen molar-refractivity contribution < 1.29 is 0 Å². The van der Waals surface area contributed by atoms with Gasteiger partial charge in [0.15, 0.2) is 5.65 Å². The van der Waals surface area contributed by atoms with Gasteiger partial charge in [-0.1, -0.05) is 0 Å². The van der Waals surface area contributed by atoms with Crippen LogP contribution in [0.2, 0.25) is 0 Å². The van der Waals surface area contributed by atoms with Crippen LogP contribution in [-0.4, -0.2) is 47.1 Å². The summed E-state index contributed by atoms with van der Waals surface area (Å²) in [6.45, 7) is 1.38. The molecule has 0 saturated carbocycles. The Kier molecular flexibility index (Phi) is 4.27. The lowest BCUT2D eigenvalue weighted by molar-refractivity contribution is 0.489. The Hall–Kier alpha value is -3.62. The van der Waals surface area contributed by atoms with E-state index in [-0.39, 0.29) is 11.6 Å². The zero-order valence-electron chi connectivity index (χ0n) is 16.0. The van der Waals surface area contributed by atoms with Crippen molar-refractivity contribution in [2.75, 3.05) is 11.4 Å². The molecular weight excluding hydrogens is 368 g/mol. The summed E-state index contributed by atoms with van der Waals surface area (Å²) >= 11 is 0. The first-order valence-electron chi connectivity index (χ1n) is 9.58. The maximum atomic E-state index is 12.5. The number of rotatable bonds is 4. The molecule has 4 aromatic rings. The Morgan fingerprint density at radius 3 is 2.83 bits per heavy atom. The topological polar surface area (TPSA) is 94.6 Å². The van der Waals surface area contributed by atoms with E-state index in [4.69, 9.17) is 0 Å². The Balaban J connectivity index is 1.48. The molecule has 146 valence electrons. The summed E-state index contributed by atoms with van der Waals surface area (Å²) < 4.78 is 3.30. The van der Waals surface area contributed by atoms with E-state index in [2.05, 4.69) is 30.0 Å². The third-order valence-corrected chi connectivity index (χ3v) is 5.29. The van der Waals surface area contributed by atoms with E-state index in [1.165, 1.54) is 0 Å². The van der Waals surface area contributed by atoms with Crippen LogP contribution < -0.4 is 10.5 Å². The van der Waals surface area contributed by atoms with E-state index in [9.17, 15) is 4.79 Å². The van der Waals surface area contributed by atoms with Gasteiger partial charge in [-0.25, -0.2) is 14.6 Å². The Morgan fingerprint density at radius 2 is 1.97 bits per heavy atom. The lowest BCUT2D eigenvalue weighted by Crippen LogP contribution is -2.37. The molecule has 9 heteroatoms. The minimum Gasteiger partial charge on any atom is -0.351 e. The zero-order chi connectivity index (χ0) is 19.8. The van der Waals surface area contributed by atoms with Crippen molar-refractivity contribution in [2.24, 2.45) is 7.05 Å². The molecule has 0 radical (unpaired) electrons. The first-order chi connectivity index (χ1) is 14.2. The number of hydrogen-bond donors (Lipinski definition) is 0. The molecular formula is C20H20N8O. The van der Waals surface area contributed by atoms with Gasteiger partial charge >= 0.3 is 0 Å². The highest BCUT2D eigenvalue weighted by molar-refractivity contribution is 5.86. The largest absolute Gasteiger partial charge is 0.351 e. The molecule has 29 heavy (non-hydrogen) atoms. The first-order valence-corrected chi connectivity index (χ1v) is 9.58. The van der Waals surface area contributed by atoms with Crippen molar-refractivity contribution in [1.82, 2.24) is 34.5 Å². The standard InChI is InChI=1S/C20H20N8O/c1-26-12-16-19(25-26)22-13-23-20(16)27-10-2-3-15(27)11-28-18(29)5-4-17(24-28)14-6-8-21-9-7-14/h4-9,12-13,15H,2-3,10-11H2,1H3. The van der Waals surface area contributed by atoms with Gasteiger partial charge in [0.1, 0.15) is 12.1 Å². The number of pyridine rings is 1. The van der Waals surface area contributed by atoms with E-state index in [0.717, 1.165) is 41.8 Å². The summed E-state index contributed by atoms with van der Waals surface area (Å²) in [5.74, 6) is 0.865. The number of hydrogen-bond acceptors (Lipinski definition) is 7. The maximum Gasteiger partial charge on any atom is 0.266 e. The van der Waals surface area contributed by atoms with E-state index in [1.54, 1.807) is 40.2 Å². The van der Waals surface area contributed by atoms with Crippen molar-refractivity contribution in [1.29, 1.82) is 0 Å². The van der Waals surface area contributed by atoms with Crippen LogP contribution in [0.15, 0.2) is 54.0 Å². The lowest BCUT2D eigenvalue weighted by Gasteiger charge is -2.26. The molecule has 4 aromatic heterocycles. The Morgan fingerprint density at radius 1 is 1.10 bits per heavy atom. The van der Waals surface area contributed by atoms with Gasteiger partial charge in [-0.15, -0.1) is 0 Å². The van der Waals surface area contributed by atoms with Crippen LogP contribution in [0.3, 0.4) is 0 Å². The van der Waals surface area contributed by atoms with E-state index in [1.807, 2.05) is 25.4 Å². The highest BCUT2D eigenvalue weighted by Crippen LogP contribution is 2.29. The molecule has 5 heterocycles. The van der Waals surface area contributed by atoms with Gasteiger partial charge in [-0.2, -0.15) is 10.2 Å². The van der Waals surface area contributed by atoms with Gasteiger partial charge in [-0.05, 0) is 31.0 Å². The molecule has 5 rings (SSSR count). The highest BCUT2D eigenvalue weighted by atomic mass is 16.1. The SMILES string of the molecule is Cn1cc2c(N3CCCC3Cn3nc(-c4ccncc4)ccc3=O)ncnc2n1. The predicted molar refractivity (Wildman–Crippen MR) is 108 cm³/mol. The van der Waals surface area contributed by atoms with E-state index < -0.39 is 0 Å². The molecule has 1 saturated heterocycles. The van der Waals surface area contributed by atoms with Crippen LogP contribution in [0.4, 0.5) is 5.82 Å². The van der Waals surface area contributed by atoms with Crippen molar-refractivity contribution in [2.45, 2.75) is 25.4 Å². The minimum atomic E-state index is -0.108. The third-order valence-electron chi connectivity index (χ3n) is 5.29. The number of anilines is 1. The van der Waals surface area contributed by atoms with Crippen LogP contribution >= 0.6 is 0 Å².